The number of benzene rings is 2. The molecule has 2 aromatic heterocycles. The summed E-state index contributed by atoms with van der Waals surface area (Å²) < 4.78 is 43.3. The summed E-state index contributed by atoms with van der Waals surface area (Å²) in [5.41, 5.74) is 2.13. The fraction of sp³-hybridized carbons (Fsp3) is 0.370. The van der Waals surface area contributed by atoms with Crippen molar-refractivity contribution in [3.05, 3.63) is 70.9 Å². The van der Waals surface area contributed by atoms with Gasteiger partial charge in [0.1, 0.15) is 17.5 Å². The van der Waals surface area contributed by atoms with Crippen molar-refractivity contribution in [3.63, 3.8) is 0 Å². The second-order valence-corrected chi connectivity index (χ2v) is 12.0. The Morgan fingerprint density at radius 2 is 1.66 bits per heavy atom. The lowest BCUT2D eigenvalue weighted by Gasteiger charge is -2.35. The van der Waals surface area contributed by atoms with Crippen molar-refractivity contribution in [1.82, 2.24) is 24.1 Å². The predicted molar refractivity (Wildman–Crippen MR) is 147 cm³/mol. The molecular weight excluding hydrogens is 527 g/mol. The van der Waals surface area contributed by atoms with Crippen LogP contribution in [0.4, 0.5) is 10.2 Å². The van der Waals surface area contributed by atoms with E-state index in [1.165, 1.54) is 28.6 Å². The zero-order chi connectivity index (χ0) is 27.0. The fourth-order valence-corrected chi connectivity index (χ4v) is 6.40. The number of nitrogens with zero attached hydrogens (tertiary/aromatic N) is 6. The Hall–Kier alpha value is -3.08. The fourth-order valence-electron chi connectivity index (χ4n) is 4.85. The molecule has 38 heavy (non-hydrogen) atoms. The number of halogens is 2. The Morgan fingerprint density at radius 3 is 2.29 bits per heavy atom. The van der Waals surface area contributed by atoms with E-state index in [2.05, 4.69) is 18.7 Å². The quantitative estimate of drug-likeness (QED) is 0.306. The van der Waals surface area contributed by atoms with Crippen LogP contribution in [0.2, 0.25) is 5.02 Å². The first kappa shape index (κ1) is 26.5. The van der Waals surface area contributed by atoms with Crippen LogP contribution in [0.25, 0.3) is 16.7 Å². The maximum absolute atomic E-state index is 13.6. The molecule has 1 aliphatic rings. The molecule has 1 saturated heterocycles. The average molecular weight is 557 g/mol. The minimum absolute atomic E-state index is 0.131. The zero-order valence-corrected chi connectivity index (χ0v) is 23.2. The molecule has 11 heteroatoms. The van der Waals surface area contributed by atoms with Gasteiger partial charge in [0, 0.05) is 37.1 Å². The highest BCUT2D eigenvalue weighted by atomic mass is 35.5. The molecular formula is C27H30ClFN6O2S. The molecule has 0 saturated carbocycles. The average Bonchev–Trinajstić information content (AvgIpc) is 3.25. The summed E-state index contributed by atoms with van der Waals surface area (Å²) in [5, 5.41) is 6.05. The Bertz CT molecular complexity index is 1550. The van der Waals surface area contributed by atoms with E-state index in [1.54, 1.807) is 28.9 Å². The number of hydrogen-bond donors (Lipinski definition) is 0. The summed E-state index contributed by atoms with van der Waals surface area (Å²) in [4.78, 5) is 12.3. The van der Waals surface area contributed by atoms with E-state index in [9.17, 15) is 12.8 Å². The smallest absolute Gasteiger partial charge is 0.243 e. The summed E-state index contributed by atoms with van der Waals surface area (Å²) >= 11 is 5.95. The topological polar surface area (TPSA) is 84.2 Å². The second-order valence-electron chi connectivity index (χ2n) is 9.61. The maximum Gasteiger partial charge on any atom is 0.243 e. The lowest BCUT2D eigenvalue weighted by molar-refractivity contribution is 0.384. The maximum atomic E-state index is 13.6. The summed E-state index contributed by atoms with van der Waals surface area (Å²) in [6.45, 7) is 7.73. The summed E-state index contributed by atoms with van der Waals surface area (Å²) in [5.74, 6) is 1.28. The molecule has 0 aliphatic carbocycles. The van der Waals surface area contributed by atoms with Crippen LogP contribution in [0, 0.1) is 12.7 Å². The number of sulfonamides is 1. The highest BCUT2D eigenvalue weighted by Crippen LogP contribution is 2.32. The third-order valence-electron chi connectivity index (χ3n) is 6.92. The molecule has 0 spiro atoms. The first-order valence-electron chi connectivity index (χ1n) is 12.7. The lowest BCUT2D eigenvalue weighted by atomic mass is 10.1. The SMILES string of the molecule is CCC[C@@H](C)c1nc(N2CCN(S(=O)(=O)c3ccc(Cl)cc3)CC2)c2c(C)nn(-c3ccc(F)cc3)c2n1. The highest BCUT2D eigenvalue weighted by Gasteiger charge is 2.31. The van der Waals surface area contributed by atoms with Gasteiger partial charge in [-0.05, 0) is 61.9 Å². The van der Waals surface area contributed by atoms with Gasteiger partial charge in [-0.2, -0.15) is 9.40 Å². The van der Waals surface area contributed by atoms with Crippen molar-refractivity contribution in [2.24, 2.45) is 0 Å². The van der Waals surface area contributed by atoms with Crippen LogP contribution in [0.1, 0.15) is 44.1 Å². The Labute approximate surface area is 227 Å². The van der Waals surface area contributed by atoms with Gasteiger partial charge in [-0.3, -0.25) is 0 Å². The van der Waals surface area contributed by atoms with E-state index < -0.39 is 10.0 Å². The van der Waals surface area contributed by atoms with E-state index in [4.69, 9.17) is 26.7 Å². The van der Waals surface area contributed by atoms with E-state index in [-0.39, 0.29) is 16.6 Å². The molecule has 2 aromatic carbocycles. The van der Waals surface area contributed by atoms with Crippen molar-refractivity contribution in [3.8, 4) is 5.69 Å². The molecule has 1 aliphatic heterocycles. The molecule has 200 valence electrons. The van der Waals surface area contributed by atoms with Crippen LogP contribution in [0.3, 0.4) is 0 Å². The van der Waals surface area contributed by atoms with Crippen LogP contribution >= 0.6 is 11.6 Å². The molecule has 4 aromatic rings. The largest absolute Gasteiger partial charge is 0.353 e. The van der Waals surface area contributed by atoms with Gasteiger partial charge in [0.15, 0.2) is 5.65 Å². The zero-order valence-electron chi connectivity index (χ0n) is 21.6. The van der Waals surface area contributed by atoms with Crippen molar-refractivity contribution in [2.75, 3.05) is 31.1 Å². The molecule has 0 N–H and O–H groups in total. The van der Waals surface area contributed by atoms with Crippen molar-refractivity contribution in [1.29, 1.82) is 0 Å². The number of hydrogen-bond acceptors (Lipinski definition) is 6. The summed E-state index contributed by atoms with van der Waals surface area (Å²) in [6.07, 6.45) is 1.93. The Balaban J connectivity index is 1.51. The number of fused-ring (bicyclic) bond motifs is 1. The van der Waals surface area contributed by atoms with Gasteiger partial charge in [0.2, 0.25) is 10.0 Å². The molecule has 0 unspecified atom stereocenters. The van der Waals surface area contributed by atoms with Gasteiger partial charge in [0.25, 0.3) is 0 Å². The Kier molecular flexibility index (Phi) is 7.39. The van der Waals surface area contributed by atoms with Gasteiger partial charge < -0.3 is 4.90 Å². The van der Waals surface area contributed by atoms with Gasteiger partial charge in [-0.1, -0.05) is 31.9 Å². The number of piperazine rings is 1. The number of aryl methyl sites for hydroxylation is 1. The molecule has 1 atom stereocenters. The van der Waals surface area contributed by atoms with Crippen LogP contribution < -0.4 is 4.90 Å². The van der Waals surface area contributed by atoms with Crippen LogP contribution in [-0.4, -0.2) is 58.7 Å². The lowest BCUT2D eigenvalue weighted by Crippen LogP contribution is -2.49. The van der Waals surface area contributed by atoms with Crippen LogP contribution in [0.15, 0.2) is 53.4 Å². The molecule has 5 rings (SSSR count). The van der Waals surface area contributed by atoms with Crippen molar-refractivity contribution < 1.29 is 12.8 Å². The summed E-state index contributed by atoms with van der Waals surface area (Å²) in [7, 11) is -3.63. The summed E-state index contributed by atoms with van der Waals surface area (Å²) in [6, 6.07) is 12.4. The van der Waals surface area contributed by atoms with Gasteiger partial charge >= 0.3 is 0 Å². The number of rotatable bonds is 7. The molecule has 1 fully saturated rings. The van der Waals surface area contributed by atoms with Gasteiger partial charge in [0.05, 0.1) is 21.7 Å². The molecule has 0 radical (unpaired) electrons. The normalized spacial score (nSPS) is 15.8. The van der Waals surface area contributed by atoms with Crippen molar-refractivity contribution >= 4 is 38.5 Å². The van der Waals surface area contributed by atoms with Gasteiger partial charge in [-0.25, -0.2) is 27.5 Å². The van der Waals surface area contributed by atoms with Crippen molar-refractivity contribution in [2.45, 2.75) is 44.4 Å². The molecule has 0 bridgehead atoms. The first-order valence-corrected chi connectivity index (χ1v) is 14.5. The van der Waals surface area contributed by atoms with E-state index in [1.807, 2.05) is 6.92 Å². The minimum atomic E-state index is -3.63. The molecule has 8 nitrogen and oxygen atoms in total. The number of aromatic nitrogens is 4. The standard InChI is InChI=1S/C27H30ClFN6O2S/c1-4-5-18(2)25-30-26(24-19(3)32-35(27(24)31-25)22-10-8-21(29)9-11-22)33-14-16-34(17-15-33)38(36,37)23-12-6-20(28)7-13-23/h6-13,18H,4-5,14-17H2,1-3H3/t18-/m1/s1. The van der Waals surface area contributed by atoms with Crippen LogP contribution in [-0.2, 0) is 10.0 Å². The Morgan fingerprint density at radius 1 is 1.00 bits per heavy atom. The van der Waals surface area contributed by atoms with E-state index in [0.29, 0.717) is 48.4 Å². The van der Waals surface area contributed by atoms with E-state index in [0.717, 1.165) is 29.7 Å². The molecule has 3 heterocycles. The van der Waals surface area contributed by atoms with E-state index >= 15 is 0 Å². The third-order valence-corrected chi connectivity index (χ3v) is 9.09. The van der Waals surface area contributed by atoms with Crippen LogP contribution in [0.5, 0.6) is 0 Å². The second kappa shape index (κ2) is 10.6. The van der Waals surface area contributed by atoms with Gasteiger partial charge in [-0.15, -0.1) is 0 Å². The first-order chi connectivity index (χ1) is 18.2. The highest BCUT2D eigenvalue weighted by molar-refractivity contribution is 7.89. The minimum Gasteiger partial charge on any atom is -0.353 e. The number of anilines is 1. The predicted octanol–water partition coefficient (Wildman–Crippen LogP) is 5.33. The third kappa shape index (κ3) is 5.00. The monoisotopic (exact) mass is 556 g/mol. The molecule has 0 amide bonds.